The van der Waals surface area contributed by atoms with E-state index in [-0.39, 0.29) is 17.6 Å². The molecule has 1 atom stereocenters. The summed E-state index contributed by atoms with van der Waals surface area (Å²) in [4.78, 5) is 24.1. The maximum atomic E-state index is 12.5. The summed E-state index contributed by atoms with van der Waals surface area (Å²) in [7, 11) is 1.65. The Labute approximate surface area is 179 Å². The van der Waals surface area contributed by atoms with Crippen LogP contribution in [-0.2, 0) is 4.79 Å². The van der Waals surface area contributed by atoms with E-state index in [0.717, 1.165) is 27.8 Å². The van der Waals surface area contributed by atoms with Gasteiger partial charge in [0.15, 0.2) is 5.16 Å². The molecule has 1 amide bonds. The Morgan fingerprint density at radius 1 is 1.10 bits per heavy atom. The fraction of sp³-hybridized carbons (Fsp3) is 0.174. The molecule has 0 fully saturated rings. The number of H-pyrrole nitrogens is 1. The third-order valence-electron chi connectivity index (χ3n) is 4.89. The van der Waals surface area contributed by atoms with Crippen molar-refractivity contribution in [3.8, 4) is 5.75 Å². The Morgan fingerprint density at radius 2 is 1.87 bits per heavy atom. The predicted octanol–water partition coefficient (Wildman–Crippen LogP) is 4.01. The lowest BCUT2D eigenvalue weighted by Crippen LogP contribution is -2.30. The Kier molecular flexibility index (Phi) is 6.29. The van der Waals surface area contributed by atoms with Crippen LogP contribution in [0.1, 0.15) is 17.0 Å². The third-order valence-corrected chi connectivity index (χ3v) is 5.77. The molecule has 2 aromatic heterocycles. The Bertz CT molecular complexity index is 1110. The van der Waals surface area contributed by atoms with Gasteiger partial charge in [0.2, 0.25) is 5.91 Å². The van der Waals surface area contributed by atoms with Gasteiger partial charge in [-0.15, -0.1) is 0 Å². The first-order chi connectivity index (χ1) is 14.7. The van der Waals surface area contributed by atoms with Gasteiger partial charge in [0.05, 0.1) is 12.9 Å². The SMILES string of the molecule is COc1ccc([C@H](CNC(=O)CSc2ncccn2)c2c[nH]c3ccccc23)cc1. The summed E-state index contributed by atoms with van der Waals surface area (Å²) in [5, 5.41) is 4.82. The zero-order valence-electron chi connectivity index (χ0n) is 16.5. The molecule has 4 rings (SSSR count). The molecule has 0 spiro atoms. The fourth-order valence-corrected chi connectivity index (χ4v) is 4.02. The average Bonchev–Trinajstić information content (AvgIpc) is 3.23. The molecule has 0 saturated heterocycles. The number of thioether (sulfide) groups is 1. The van der Waals surface area contributed by atoms with E-state index in [0.29, 0.717) is 11.7 Å². The number of fused-ring (bicyclic) bond motifs is 1. The summed E-state index contributed by atoms with van der Waals surface area (Å²) >= 11 is 1.32. The van der Waals surface area contributed by atoms with Crippen LogP contribution in [0.15, 0.2) is 78.3 Å². The number of methoxy groups -OCH3 is 1. The fourth-order valence-electron chi connectivity index (χ4n) is 3.38. The highest BCUT2D eigenvalue weighted by atomic mass is 32.2. The normalized spacial score (nSPS) is 11.9. The van der Waals surface area contributed by atoms with Crippen LogP contribution in [0.25, 0.3) is 10.9 Å². The van der Waals surface area contributed by atoms with Crippen molar-refractivity contribution in [3.05, 3.63) is 84.3 Å². The van der Waals surface area contributed by atoms with Gasteiger partial charge >= 0.3 is 0 Å². The quantitative estimate of drug-likeness (QED) is 0.334. The van der Waals surface area contributed by atoms with Crippen molar-refractivity contribution in [1.82, 2.24) is 20.3 Å². The number of nitrogens with zero attached hydrogens (tertiary/aromatic N) is 2. The highest BCUT2D eigenvalue weighted by Gasteiger charge is 2.19. The molecule has 0 bridgehead atoms. The monoisotopic (exact) mass is 418 g/mol. The number of carbonyl (C=O) groups excluding carboxylic acids is 1. The minimum atomic E-state index is -0.0502. The first-order valence-corrected chi connectivity index (χ1v) is 10.6. The van der Waals surface area contributed by atoms with Gasteiger partial charge in [-0.3, -0.25) is 4.79 Å². The predicted molar refractivity (Wildman–Crippen MR) is 119 cm³/mol. The summed E-state index contributed by atoms with van der Waals surface area (Å²) in [6.07, 6.45) is 5.37. The smallest absolute Gasteiger partial charge is 0.230 e. The molecule has 152 valence electrons. The Hall–Kier alpha value is -3.32. The number of hydrogen-bond donors (Lipinski definition) is 2. The molecule has 7 heteroatoms. The topological polar surface area (TPSA) is 79.9 Å². The van der Waals surface area contributed by atoms with Gasteiger partial charge in [-0.2, -0.15) is 0 Å². The lowest BCUT2D eigenvalue weighted by atomic mass is 9.91. The van der Waals surface area contributed by atoms with Crippen molar-refractivity contribution >= 4 is 28.6 Å². The van der Waals surface area contributed by atoms with Crippen LogP contribution >= 0.6 is 11.8 Å². The summed E-state index contributed by atoms with van der Waals surface area (Å²) in [6, 6.07) is 17.9. The minimum absolute atomic E-state index is 0.00832. The number of amides is 1. The summed E-state index contributed by atoms with van der Waals surface area (Å²) in [5.74, 6) is 1.03. The van der Waals surface area contributed by atoms with E-state index < -0.39 is 0 Å². The minimum Gasteiger partial charge on any atom is -0.497 e. The molecule has 2 aromatic carbocycles. The largest absolute Gasteiger partial charge is 0.497 e. The molecule has 0 aliphatic heterocycles. The number of rotatable bonds is 8. The van der Waals surface area contributed by atoms with Crippen LogP contribution < -0.4 is 10.1 Å². The van der Waals surface area contributed by atoms with Crippen molar-refractivity contribution in [2.45, 2.75) is 11.1 Å². The van der Waals surface area contributed by atoms with Gasteiger partial charge in [0, 0.05) is 42.0 Å². The number of carbonyl (C=O) groups is 1. The molecule has 30 heavy (non-hydrogen) atoms. The van der Waals surface area contributed by atoms with Gasteiger partial charge in [0.1, 0.15) is 5.75 Å². The lowest BCUT2D eigenvalue weighted by molar-refractivity contribution is -0.118. The maximum absolute atomic E-state index is 12.5. The van der Waals surface area contributed by atoms with Crippen LogP contribution in [0.3, 0.4) is 0 Å². The molecule has 6 nitrogen and oxygen atoms in total. The summed E-state index contributed by atoms with van der Waals surface area (Å²) < 4.78 is 5.29. The zero-order valence-corrected chi connectivity index (χ0v) is 17.4. The molecule has 0 aliphatic rings. The number of para-hydroxylation sites is 1. The van der Waals surface area contributed by atoms with Crippen molar-refractivity contribution in [2.75, 3.05) is 19.4 Å². The van der Waals surface area contributed by atoms with Gasteiger partial charge in [-0.05, 0) is 35.4 Å². The number of aromatic nitrogens is 3. The Balaban J connectivity index is 1.52. The second-order valence-corrected chi connectivity index (χ2v) is 7.68. The van der Waals surface area contributed by atoms with E-state index in [1.807, 2.05) is 42.6 Å². The van der Waals surface area contributed by atoms with Crippen LogP contribution in [0.5, 0.6) is 5.75 Å². The first kappa shape index (κ1) is 20.0. The number of hydrogen-bond acceptors (Lipinski definition) is 5. The van der Waals surface area contributed by atoms with Crippen molar-refractivity contribution < 1.29 is 9.53 Å². The maximum Gasteiger partial charge on any atom is 0.230 e. The van der Waals surface area contributed by atoms with E-state index in [4.69, 9.17) is 4.74 Å². The second-order valence-electron chi connectivity index (χ2n) is 6.74. The Morgan fingerprint density at radius 3 is 2.63 bits per heavy atom. The molecule has 0 aliphatic carbocycles. The van der Waals surface area contributed by atoms with E-state index in [1.165, 1.54) is 11.8 Å². The standard InChI is InChI=1S/C23H22N4O2S/c1-29-17-9-7-16(8-10-17)19(20-14-26-21-6-3-2-5-18(20)21)13-27-22(28)15-30-23-24-11-4-12-25-23/h2-12,14,19,26H,13,15H2,1H3,(H,27,28)/t19-/m0/s1. The molecule has 0 radical (unpaired) electrons. The third kappa shape index (κ3) is 4.63. The average molecular weight is 419 g/mol. The van der Waals surface area contributed by atoms with Crippen LogP contribution in [0.2, 0.25) is 0 Å². The molecular weight excluding hydrogens is 396 g/mol. The van der Waals surface area contributed by atoms with E-state index in [1.54, 1.807) is 25.6 Å². The van der Waals surface area contributed by atoms with Crippen LogP contribution in [0, 0.1) is 0 Å². The summed E-state index contributed by atoms with van der Waals surface area (Å²) in [5.41, 5.74) is 3.34. The highest BCUT2D eigenvalue weighted by Crippen LogP contribution is 2.31. The van der Waals surface area contributed by atoms with E-state index in [9.17, 15) is 4.79 Å². The van der Waals surface area contributed by atoms with Gasteiger partial charge in [-0.1, -0.05) is 42.1 Å². The van der Waals surface area contributed by atoms with E-state index >= 15 is 0 Å². The van der Waals surface area contributed by atoms with Crippen LogP contribution in [0.4, 0.5) is 0 Å². The lowest BCUT2D eigenvalue weighted by Gasteiger charge is -2.18. The van der Waals surface area contributed by atoms with Crippen molar-refractivity contribution in [1.29, 1.82) is 0 Å². The van der Waals surface area contributed by atoms with Gasteiger partial charge in [0.25, 0.3) is 0 Å². The highest BCUT2D eigenvalue weighted by molar-refractivity contribution is 7.99. The van der Waals surface area contributed by atoms with E-state index in [2.05, 4.69) is 32.4 Å². The molecule has 4 aromatic rings. The molecule has 0 saturated carbocycles. The molecule has 2 N–H and O–H groups in total. The van der Waals surface area contributed by atoms with Crippen LogP contribution in [-0.4, -0.2) is 40.3 Å². The molecule has 0 unspecified atom stereocenters. The molecule has 2 heterocycles. The van der Waals surface area contributed by atoms with Gasteiger partial charge in [-0.25, -0.2) is 9.97 Å². The second kappa shape index (κ2) is 9.45. The number of nitrogens with one attached hydrogen (secondary N) is 2. The number of ether oxygens (including phenoxy) is 1. The van der Waals surface area contributed by atoms with Gasteiger partial charge < -0.3 is 15.0 Å². The summed E-state index contributed by atoms with van der Waals surface area (Å²) in [6.45, 7) is 0.489. The molecular formula is C23H22N4O2S. The zero-order chi connectivity index (χ0) is 20.8. The number of aromatic amines is 1. The van der Waals surface area contributed by atoms with Crippen molar-refractivity contribution in [3.63, 3.8) is 0 Å². The number of benzene rings is 2. The first-order valence-electron chi connectivity index (χ1n) is 9.61. The van der Waals surface area contributed by atoms with Crippen molar-refractivity contribution in [2.24, 2.45) is 0 Å².